The van der Waals surface area contributed by atoms with Gasteiger partial charge in [0.2, 0.25) is 0 Å². The van der Waals surface area contributed by atoms with Crippen LogP contribution in [0, 0.1) is 0 Å². The average Bonchev–Trinajstić information content (AvgIpc) is 2.55. The molecule has 0 N–H and O–H groups in total. The molecule has 140 valence electrons. The summed E-state index contributed by atoms with van der Waals surface area (Å²) in [6.07, 6.45) is 17.3. The van der Waals surface area contributed by atoms with Gasteiger partial charge in [-0.15, -0.1) is 0 Å². The Morgan fingerprint density at radius 1 is 0.478 bits per heavy atom. The molecule has 0 atom stereocenters. The first-order valence-electron chi connectivity index (χ1n) is 10.5. The molecule has 0 rings (SSSR count). The summed E-state index contributed by atoms with van der Waals surface area (Å²) in [5.74, 6) is -0.303. The van der Waals surface area contributed by atoms with Crippen LogP contribution in [-0.4, -0.2) is 19.0 Å². The van der Waals surface area contributed by atoms with Crippen molar-refractivity contribution in [3.05, 3.63) is 0 Å². The maximum atomic E-state index is 6.28. The molecule has 0 radical (unpaired) electrons. The van der Waals surface area contributed by atoms with Crippen molar-refractivity contribution in [2.45, 2.75) is 123 Å². The lowest BCUT2D eigenvalue weighted by Crippen LogP contribution is -2.37. The van der Waals surface area contributed by atoms with Gasteiger partial charge in [-0.2, -0.15) is 0 Å². The van der Waals surface area contributed by atoms with E-state index in [1.165, 1.54) is 57.8 Å². The lowest BCUT2D eigenvalue weighted by Gasteiger charge is -2.34. The third-order valence-electron chi connectivity index (χ3n) is 4.52. The van der Waals surface area contributed by atoms with Crippen LogP contribution in [0.2, 0.25) is 0 Å². The smallest absolute Gasteiger partial charge is 0.168 e. The van der Waals surface area contributed by atoms with Gasteiger partial charge in [-0.25, -0.2) is 0 Å². The molecule has 0 saturated heterocycles. The number of unbranched alkanes of at least 4 members (excludes halogenated alkanes) is 8. The van der Waals surface area contributed by atoms with Crippen LogP contribution in [0.3, 0.4) is 0 Å². The summed E-state index contributed by atoms with van der Waals surface area (Å²) >= 11 is 0. The van der Waals surface area contributed by atoms with E-state index in [0.29, 0.717) is 0 Å². The zero-order chi connectivity index (χ0) is 17.2. The third-order valence-corrected chi connectivity index (χ3v) is 4.52. The molecule has 0 aliphatic carbocycles. The predicted octanol–water partition coefficient (Wildman–Crippen LogP) is 7.26. The summed E-state index contributed by atoms with van der Waals surface area (Å²) in [6, 6.07) is 0. The molecule has 0 aromatic rings. The van der Waals surface area contributed by atoms with Crippen molar-refractivity contribution >= 4 is 0 Å². The molecule has 0 fully saturated rings. The van der Waals surface area contributed by atoms with Gasteiger partial charge in [-0.3, -0.25) is 0 Å². The van der Waals surface area contributed by atoms with E-state index >= 15 is 0 Å². The second-order valence-corrected chi connectivity index (χ2v) is 6.94. The summed E-state index contributed by atoms with van der Waals surface area (Å²) in [6.45, 7) is 10.7. The average molecular weight is 329 g/mol. The number of hydrogen-bond acceptors (Lipinski definition) is 2. The Morgan fingerprint density at radius 2 is 0.957 bits per heavy atom. The molecule has 0 aromatic heterocycles. The van der Waals surface area contributed by atoms with Gasteiger partial charge in [0, 0.05) is 12.8 Å². The highest BCUT2D eigenvalue weighted by molar-refractivity contribution is 4.71. The Bertz CT molecular complexity index is 218. The van der Waals surface area contributed by atoms with E-state index in [9.17, 15) is 0 Å². The van der Waals surface area contributed by atoms with Crippen LogP contribution in [0.1, 0.15) is 118 Å². The van der Waals surface area contributed by atoms with Crippen molar-refractivity contribution in [2.75, 3.05) is 13.2 Å². The molecule has 0 aromatic carbocycles. The molecule has 0 unspecified atom stereocenters. The van der Waals surface area contributed by atoms with Crippen LogP contribution in [0.5, 0.6) is 0 Å². The van der Waals surface area contributed by atoms with Gasteiger partial charge in [0.05, 0.1) is 13.2 Å². The highest BCUT2D eigenvalue weighted by Gasteiger charge is 2.30. The van der Waals surface area contributed by atoms with Crippen molar-refractivity contribution in [3.63, 3.8) is 0 Å². The van der Waals surface area contributed by atoms with Gasteiger partial charge in [-0.05, 0) is 19.3 Å². The Hall–Kier alpha value is -0.0800. The van der Waals surface area contributed by atoms with Crippen molar-refractivity contribution in [2.24, 2.45) is 0 Å². The summed E-state index contributed by atoms with van der Waals surface area (Å²) in [5.41, 5.74) is 0. The molecule has 0 aliphatic rings. The summed E-state index contributed by atoms with van der Waals surface area (Å²) in [7, 11) is 0. The summed E-state index contributed by atoms with van der Waals surface area (Å²) < 4.78 is 12.6. The number of hydrogen-bond donors (Lipinski definition) is 0. The Labute approximate surface area is 146 Å². The predicted molar refractivity (Wildman–Crippen MR) is 102 cm³/mol. The Kier molecular flexibility index (Phi) is 16.7. The monoisotopic (exact) mass is 328 g/mol. The highest BCUT2D eigenvalue weighted by Crippen LogP contribution is 2.28. The Balaban J connectivity index is 4.24. The highest BCUT2D eigenvalue weighted by atomic mass is 16.7. The topological polar surface area (TPSA) is 18.5 Å². The van der Waals surface area contributed by atoms with Gasteiger partial charge in [-0.1, -0.05) is 85.5 Å². The zero-order valence-electron chi connectivity index (χ0n) is 16.6. The fourth-order valence-corrected chi connectivity index (χ4v) is 2.99. The second-order valence-electron chi connectivity index (χ2n) is 6.94. The standard InChI is InChI=1S/C21H44O2/c1-5-9-12-13-14-15-16-18-21(17-8-4,22-19-10-6-2)23-20-11-7-3/h5-20H2,1-4H3. The van der Waals surface area contributed by atoms with Gasteiger partial charge in [0.1, 0.15) is 0 Å². The lowest BCUT2D eigenvalue weighted by molar-refractivity contribution is -0.246. The van der Waals surface area contributed by atoms with Crippen LogP contribution < -0.4 is 0 Å². The molecule has 2 heteroatoms. The molecule has 2 nitrogen and oxygen atoms in total. The first-order valence-corrected chi connectivity index (χ1v) is 10.5. The normalized spacial score (nSPS) is 12.0. The van der Waals surface area contributed by atoms with Crippen LogP contribution in [0.4, 0.5) is 0 Å². The van der Waals surface area contributed by atoms with E-state index in [0.717, 1.165) is 45.3 Å². The summed E-state index contributed by atoms with van der Waals surface area (Å²) in [5, 5.41) is 0. The van der Waals surface area contributed by atoms with Crippen LogP contribution in [0.15, 0.2) is 0 Å². The second kappa shape index (κ2) is 16.8. The van der Waals surface area contributed by atoms with E-state index in [1.54, 1.807) is 0 Å². The van der Waals surface area contributed by atoms with Crippen molar-refractivity contribution in [1.29, 1.82) is 0 Å². The van der Waals surface area contributed by atoms with Crippen molar-refractivity contribution < 1.29 is 9.47 Å². The third kappa shape index (κ3) is 12.9. The van der Waals surface area contributed by atoms with Gasteiger partial charge >= 0.3 is 0 Å². The van der Waals surface area contributed by atoms with Crippen LogP contribution in [-0.2, 0) is 9.47 Å². The quantitative estimate of drug-likeness (QED) is 0.195. The first-order chi connectivity index (χ1) is 11.2. The maximum Gasteiger partial charge on any atom is 0.168 e. The molecule has 0 saturated carbocycles. The Morgan fingerprint density at radius 3 is 1.43 bits per heavy atom. The minimum atomic E-state index is -0.303. The first kappa shape index (κ1) is 22.9. The van der Waals surface area contributed by atoms with E-state index in [2.05, 4.69) is 27.7 Å². The molecule has 0 amide bonds. The van der Waals surface area contributed by atoms with E-state index in [1.807, 2.05) is 0 Å². The van der Waals surface area contributed by atoms with Crippen molar-refractivity contribution in [3.8, 4) is 0 Å². The molecule has 0 spiro atoms. The fourth-order valence-electron chi connectivity index (χ4n) is 2.99. The van der Waals surface area contributed by atoms with Crippen molar-refractivity contribution in [1.82, 2.24) is 0 Å². The van der Waals surface area contributed by atoms with Crippen LogP contribution in [0.25, 0.3) is 0 Å². The molecule has 0 heterocycles. The molecule has 0 bridgehead atoms. The molecular formula is C21H44O2. The molecule has 23 heavy (non-hydrogen) atoms. The van der Waals surface area contributed by atoms with E-state index in [-0.39, 0.29) is 5.79 Å². The fraction of sp³-hybridized carbons (Fsp3) is 1.00. The SMILES string of the molecule is CCCCCCCCCC(CCC)(OCCCC)OCCCC. The lowest BCUT2D eigenvalue weighted by atomic mass is 10.0. The van der Waals surface area contributed by atoms with Crippen LogP contribution >= 0.6 is 0 Å². The molecule has 0 aliphatic heterocycles. The minimum absolute atomic E-state index is 0.303. The largest absolute Gasteiger partial charge is 0.350 e. The molecular weight excluding hydrogens is 284 g/mol. The van der Waals surface area contributed by atoms with Gasteiger partial charge < -0.3 is 9.47 Å². The maximum absolute atomic E-state index is 6.28. The van der Waals surface area contributed by atoms with E-state index in [4.69, 9.17) is 9.47 Å². The van der Waals surface area contributed by atoms with E-state index < -0.39 is 0 Å². The van der Waals surface area contributed by atoms with Gasteiger partial charge in [0.25, 0.3) is 0 Å². The number of rotatable bonds is 18. The zero-order valence-corrected chi connectivity index (χ0v) is 16.6. The van der Waals surface area contributed by atoms with Gasteiger partial charge in [0.15, 0.2) is 5.79 Å². The number of ether oxygens (including phenoxy) is 2. The minimum Gasteiger partial charge on any atom is -0.350 e. The summed E-state index contributed by atoms with van der Waals surface area (Å²) in [4.78, 5) is 0.